The molecule has 2 heterocycles. The number of rotatable bonds is 2. The van der Waals surface area contributed by atoms with E-state index in [1.54, 1.807) is 6.20 Å². The van der Waals surface area contributed by atoms with Gasteiger partial charge < -0.3 is 10.2 Å². The highest BCUT2D eigenvalue weighted by Crippen LogP contribution is 2.25. The van der Waals surface area contributed by atoms with Crippen molar-refractivity contribution in [3.8, 4) is 6.07 Å². The van der Waals surface area contributed by atoms with Gasteiger partial charge in [-0.15, -0.1) is 0 Å². The van der Waals surface area contributed by atoms with Crippen molar-refractivity contribution >= 4 is 16.6 Å². The number of anilines is 1. The number of nitrogens with one attached hydrogen (secondary N) is 1. The average molecular weight is 254 g/mol. The molecule has 1 aromatic carbocycles. The molecule has 1 aliphatic heterocycles. The number of fused-ring (bicyclic) bond motifs is 1. The zero-order valence-electron chi connectivity index (χ0n) is 10.5. The van der Waals surface area contributed by atoms with Gasteiger partial charge in [0.25, 0.3) is 0 Å². The lowest BCUT2D eigenvalue weighted by Gasteiger charge is -2.28. The van der Waals surface area contributed by atoms with E-state index in [1.807, 2.05) is 24.3 Å². The molecule has 0 amide bonds. The second kappa shape index (κ2) is 5.22. The molecule has 1 aliphatic rings. The van der Waals surface area contributed by atoms with Crippen LogP contribution in [0.4, 0.5) is 5.69 Å². The molecule has 0 atom stereocenters. The number of aromatic nitrogens is 1. The van der Waals surface area contributed by atoms with E-state index in [0.717, 1.165) is 29.7 Å². The van der Waals surface area contributed by atoms with Gasteiger partial charge in [-0.25, -0.2) is 5.01 Å². The number of hydrazine groups is 1. The smallest absolute Gasteiger partial charge is 0.103 e. The molecule has 1 aromatic heterocycles. The zero-order chi connectivity index (χ0) is 13.1. The molecule has 0 radical (unpaired) electrons. The van der Waals surface area contributed by atoms with Crippen LogP contribution in [0.3, 0.4) is 0 Å². The van der Waals surface area contributed by atoms with Gasteiger partial charge in [0.1, 0.15) is 6.07 Å². The van der Waals surface area contributed by atoms with Gasteiger partial charge in [0.05, 0.1) is 30.0 Å². The van der Waals surface area contributed by atoms with Crippen LogP contribution in [0.5, 0.6) is 0 Å². The summed E-state index contributed by atoms with van der Waals surface area (Å²) in [6.07, 6.45) is 1.62. The summed E-state index contributed by atoms with van der Waals surface area (Å²) in [5, 5.41) is 12.3. The summed E-state index contributed by atoms with van der Waals surface area (Å²) in [5.74, 6) is 0. The van der Waals surface area contributed by atoms with Crippen LogP contribution >= 0.6 is 0 Å². The predicted octanol–water partition coefficient (Wildman–Crippen LogP) is 1.77. The van der Waals surface area contributed by atoms with Crippen molar-refractivity contribution in [1.29, 1.82) is 5.26 Å². The number of nitrogens with zero attached hydrogens (tertiary/aromatic N) is 3. The highest BCUT2D eigenvalue weighted by molar-refractivity contribution is 5.93. The minimum Gasteiger partial charge on any atom is -0.379 e. The van der Waals surface area contributed by atoms with E-state index in [-0.39, 0.29) is 0 Å². The first-order valence-corrected chi connectivity index (χ1v) is 6.25. The van der Waals surface area contributed by atoms with Gasteiger partial charge in [0.15, 0.2) is 0 Å². The molecule has 19 heavy (non-hydrogen) atoms. The number of para-hydroxylation sites is 1. The van der Waals surface area contributed by atoms with Crippen molar-refractivity contribution < 1.29 is 4.74 Å². The first-order chi connectivity index (χ1) is 9.38. The molecule has 0 saturated carbocycles. The van der Waals surface area contributed by atoms with Crippen molar-refractivity contribution in [2.45, 2.75) is 0 Å². The largest absolute Gasteiger partial charge is 0.379 e. The van der Waals surface area contributed by atoms with E-state index in [9.17, 15) is 5.26 Å². The molecule has 1 saturated heterocycles. The van der Waals surface area contributed by atoms with E-state index in [0.29, 0.717) is 18.8 Å². The van der Waals surface area contributed by atoms with Crippen molar-refractivity contribution in [1.82, 2.24) is 9.99 Å². The molecule has 5 nitrogen and oxygen atoms in total. The average Bonchev–Trinajstić information content (AvgIpc) is 2.49. The summed E-state index contributed by atoms with van der Waals surface area (Å²) >= 11 is 0. The summed E-state index contributed by atoms with van der Waals surface area (Å²) in [4.78, 5) is 4.30. The number of pyridine rings is 1. The van der Waals surface area contributed by atoms with E-state index >= 15 is 0 Å². The van der Waals surface area contributed by atoms with Gasteiger partial charge in [-0.3, -0.25) is 4.98 Å². The quantitative estimate of drug-likeness (QED) is 0.885. The van der Waals surface area contributed by atoms with Crippen LogP contribution in [0.25, 0.3) is 10.9 Å². The van der Waals surface area contributed by atoms with Crippen LogP contribution in [-0.2, 0) is 4.74 Å². The molecule has 96 valence electrons. The second-order valence-corrected chi connectivity index (χ2v) is 4.39. The summed E-state index contributed by atoms with van der Waals surface area (Å²) in [7, 11) is 0. The normalized spacial score (nSPS) is 16.2. The van der Waals surface area contributed by atoms with Gasteiger partial charge in [0, 0.05) is 24.7 Å². The number of morpholine rings is 1. The fourth-order valence-corrected chi connectivity index (χ4v) is 2.18. The molecule has 5 heteroatoms. The molecule has 0 aliphatic carbocycles. The van der Waals surface area contributed by atoms with E-state index in [1.165, 1.54) is 0 Å². The maximum Gasteiger partial charge on any atom is 0.103 e. The Bertz CT molecular complexity index is 629. The van der Waals surface area contributed by atoms with Gasteiger partial charge in [0.2, 0.25) is 0 Å². The Morgan fingerprint density at radius 3 is 2.84 bits per heavy atom. The zero-order valence-corrected chi connectivity index (χ0v) is 10.5. The van der Waals surface area contributed by atoms with Crippen molar-refractivity contribution in [2.24, 2.45) is 0 Å². The maximum atomic E-state index is 9.23. The summed E-state index contributed by atoms with van der Waals surface area (Å²) in [5.41, 5.74) is 5.61. The Hall–Kier alpha value is -2.16. The van der Waals surface area contributed by atoms with Gasteiger partial charge in [-0.1, -0.05) is 18.2 Å². The fraction of sp³-hybridized carbons (Fsp3) is 0.286. The summed E-state index contributed by atoms with van der Waals surface area (Å²) < 4.78 is 5.32. The third-order valence-corrected chi connectivity index (χ3v) is 3.18. The topological polar surface area (TPSA) is 61.2 Å². The van der Waals surface area contributed by atoms with Crippen molar-refractivity contribution in [2.75, 3.05) is 31.7 Å². The highest BCUT2D eigenvalue weighted by Gasteiger charge is 2.14. The molecule has 1 N–H and O–H groups in total. The molecule has 0 unspecified atom stereocenters. The Labute approximate surface area is 111 Å². The number of hydrogen-bond acceptors (Lipinski definition) is 5. The lowest BCUT2D eigenvalue weighted by molar-refractivity contribution is 0.0497. The second-order valence-electron chi connectivity index (χ2n) is 4.39. The number of ether oxygens (including phenoxy) is 1. The van der Waals surface area contributed by atoms with Crippen molar-refractivity contribution in [3.63, 3.8) is 0 Å². The van der Waals surface area contributed by atoms with E-state index in [4.69, 9.17) is 4.74 Å². The van der Waals surface area contributed by atoms with E-state index in [2.05, 4.69) is 21.5 Å². The number of benzene rings is 1. The van der Waals surface area contributed by atoms with E-state index < -0.39 is 0 Å². The Morgan fingerprint density at radius 1 is 1.26 bits per heavy atom. The predicted molar refractivity (Wildman–Crippen MR) is 72.5 cm³/mol. The fourth-order valence-electron chi connectivity index (χ4n) is 2.18. The lowest BCUT2D eigenvalue weighted by Crippen LogP contribution is -2.40. The molecular weight excluding hydrogens is 240 g/mol. The SMILES string of the molecule is N#Cc1cnc2ccccc2c1NN1CCOCC1. The third kappa shape index (κ3) is 2.36. The molecule has 0 spiro atoms. The first-order valence-electron chi connectivity index (χ1n) is 6.25. The van der Waals surface area contributed by atoms with Crippen LogP contribution in [0, 0.1) is 11.3 Å². The Kier molecular flexibility index (Phi) is 3.27. The lowest BCUT2D eigenvalue weighted by atomic mass is 10.1. The van der Waals surface area contributed by atoms with Gasteiger partial charge in [-0.2, -0.15) is 5.26 Å². The monoisotopic (exact) mass is 254 g/mol. The van der Waals surface area contributed by atoms with Crippen LogP contribution < -0.4 is 5.43 Å². The standard InChI is InChI=1S/C14H14N4O/c15-9-11-10-16-13-4-2-1-3-12(13)14(11)17-18-5-7-19-8-6-18/h1-4,10H,5-8H2,(H,16,17). The Balaban J connectivity index is 2.02. The third-order valence-electron chi connectivity index (χ3n) is 3.18. The first kappa shape index (κ1) is 11.9. The van der Waals surface area contributed by atoms with Crippen LogP contribution in [0.2, 0.25) is 0 Å². The van der Waals surface area contributed by atoms with Crippen LogP contribution in [-0.4, -0.2) is 36.3 Å². The van der Waals surface area contributed by atoms with Crippen LogP contribution in [0.1, 0.15) is 5.56 Å². The minimum atomic E-state index is 0.560. The molecule has 3 rings (SSSR count). The van der Waals surface area contributed by atoms with Gasteiger partial charge >= 0.3 is 0 Å². The minimum absolute atomic E-state index is 0.560. The molecule has 0 bridgehead atoms. The number of nitriles is 1. The van der Waals surface area contributed by atoms with Crippen molar-refractivity contribution in [3.05, 3.63) is 36.0 Å². The molecular formula is C14H14N4O. The summed E-state index contributed by atoms with van der Waals surface area (Å²) in [6.45, 7) is 3.03. The Morgan fingerprint density at radius 2 is 2.05 bits per heavy atom. The molecule has 1 fully saturated rings. The summed E-state index contributed by atoms with van der Waals surface area (Å²) in [6, 6.07) is 10.0. The van der Waals surface area contributed by atoms with Crippen LogP contribution in [0.15, 0.2) is 30.5 Å². The maximum absolute atomic E-state index is 9.23. The van der Waals surface area contributed by atoms with Gasteiger partial charge in [-0.05, 0) is 6.07 Å². The highest BCUT2D eigenvalue weighted by atomic mass is 16.5. The molecule has 2 aromatic rings. The number of hydrogen-bond donors (Lipinski definition) is 1.